The topological polar surface area (TPSA) is 41.9 Å². The molecule has 0 bridgehead atoms. The lowest BCUT2D eigenvalue weighted by Gasteiger charge is -2.11. The lowest BCUT2D eigenvalue weighted by molar-refractivity contribution is 0.729. The molecule has 0 fully saturated rings. The van der Waals surface area contributed by atoms with E-state index >= 15 is 0 Å². The van der Waals surface area contributed by atoms with Crippen LogP contribution in [0, 0.1) is 20.8 Å². The third-order valence-electron chi connectivity index (χ3n) is 3.51. The van der Waals surface area contributed by atoms with Crippen LogP contribution >= 0.6 is 23.8 Å². The first-order valence-electron chi connectivity index (χ1n) is 6.68. The van der Waals surface area contributed by atoms with Gasteiger partial charge < -0.3 is 10.6 Å². The van der Waals surface area contributed by atoms with Crippen molar-refractivity contribution in [2.75, 3.05) is 5.32 Å². The maximum Gasteiger partial charge on any atom is 0.171 e. The van der Waals surface area contributed by atoms with E-state index in [1.165, 1.54) is 5.56 Å². The number of halogens is 1. The quantitative estimate of drug-likeness (QED) is 0.849. The Balaban J connectivity index is 1.97. The van der Waals surface area contributed by atoms with Crippen LogP contribution in [0.5, 0.6) is 0 Å². The molecule has 2 N–H and O–H groups in total. The molecule has 0 atom stereocenters. The van der Waals surface area contributed by atoms with Gasteiger partial charge >= 0.3 is 0 Å². The Kier molecular flexibility index (Phi) is 4.85. The minimum atomic E-state index is 0.567. The second kappa shape index (κ2) is 6.45. The first-order valence-corrected chi connectivity index (χ1v) is 7.47. The number of anilines is 1. The van der Waals surface area contributed by atoms with E-state index < -0.39 is 0 Å². The molecule has 0 radical (unpaired) electrons. The van der Waals surface area contributed by atoms with Crippen molar-refractivity contribution in [2.24, 2.45) is 7.05 Å². The van der Waals surface area contributed by atoms with Crippen LogP contribution in [0.3, 0.4) is 0 Å². The van der Waals surface area contributed by atoms with Crippen molar-refractivity contribution in [2.45, 2.75) is 27.3 Å². The standard InChI is InChI=1S/C15H19ClN4S/c1-9-5-6-12(7-14(9)16)18-15(21)17-8-13-10(2)19-20(4)11(13)3/h5-7H,8H2,1-4H3,(H2,17,18,21). The summed E-state index contributed by atoms with van der Waals surface area (Å²) in [4.78, 5) is 0. The zero-order valence-electron chi connectivity index (χ0n) is 12.6. The maximum atomic E-state index is 6.10. The second-order valence-electron chi connectivity index (χ2n) is 5.04. The van der Waals surface area contributed by atoms with Gasteiger partial charge in [0, 0.05) is 35.6 Å². The number of aryl methyl sites for hydroxylation is 3. The number of nitrogens with zero attached hydrogens (tertiary/aromatic N) is 2. The van der Waals surface area contributed by atoms with Gasteiger partial charge in [0.25, 0.3) is 0 Å². The number of rotatable bonds is 3. The van der Waals surface area contributed by atoms with Gasteiger partial charge in [-0.1, -0.05) is 17.7 Å². The molecule has 0 aliphatic heterocycles. The summed E-state index contributed by atoms with van der Waals surface area (Å²) in [6.07, 6.45) is 0. The van der Waals surface area contributed by atoms with Crippen molar-refractivity contribution in [3.05, 3.63) is 45.7 Å². The average Bonchev–Trinajstić information content (AvgIpc) is 2.66. The summed E-state index contributed by atoms with van der Waals surface area (Å²) in [6.45, 7) is 6.67. The van der Waals surface area contributed by atoms with E-state index in [0.29, 0.717) is 11.7 Å². The van der Waals surface area contributed by atoms with Crippen LogP contribution in [-0.2, 0) is 13.6 Å². The molecular formula is C15H19ClN4S. The van der Waals surface area contributed by atoms with Crippen LogP contribution in [-0.4, -0.2) is 14.9 Å². The number of nitrogens with one attached hydrogen (secondary N) is 2. The van der Waals surface area contributed by atoms with E-state index in [9.17, 15) is 0 Å². The fourth-order valence-corrected chi connectivity index (χ4v) is 2.46. The number of hydrogen-bond donors (Lipinski definition) is 2. The molecule has 2 rings (SSSR count). The first-order chi connectivity index (χ1) is 9.88. The Bertz CT molecular complexity index is 679. The Morgan fingerprint density at radius 3 is 2.62 bits per heavy atom. The van der Waals surface area contributed by atoms with E-state index in [2.05, 4.69) is 15.7 Å². The molecule has 1 aromatic heterocycles. The van der Waals surface area contributed by atoms with Crippen LogP contribution in [0.1, 0.15) is 22.5 Å². The summed E-state index contributed by atoms with van der Waals surface area (Å²) in [5.41, 5.74) is 5.25. The molecule has 0 aliphatic rings. The van der Waals surface area contributed by atoms with E-state index in [1.807, 2.05) is 50.7 Å². The summed E-state index contributed by atoms with van der Waals surface area (Å²) < 4.78 is 1.88. The highest BCUT2D eigenvalue weighted by molar-refractivity contribution is 7.80. The molecule has 0 aliphatic carbocycles. The molecular weight excluding hydrogens is 304 g/mol. The highest BCUT2D eigenvalue weighted by Crippen LogP contribution is 2.20. The van der Waals surface area contributed by atoms with Crippen LogP contribution in [0.4, 0.5) is 5.69 Å². The van der Waals surface area contributed by atoms with Gasteiger partial charge in [-0.2, -0.15) is 5.10 Å². The predicted molar refractivity (Wildman–Crippen MR) is 91.9 cm³/mol. The van der Waals surface area contributed by atoms with E-state index in [0.717, 1.165) is 27.7 Å². The van der Waals surface area contributed by atoms with Gasteiger partial charge in [0.05, 0.1) is 5.69 Å². The Hall–Kier alpha value is -1.59. The van der Waals surface area contributed by atoms with Crippen LogP contribution in [0.15, 0.2) is 18.2 Å². The van der Waals surface area contributed by atoms with Gasteiger partial charge in [-0.25, -0.2) is 0 Å². The number of benzene rings is 1. The highest BCUT2D eigenvalue weighted by atomic mass is 35.5. The normalized spacial score (nSPS) is 10.5. The van der Waals surface area contributed by atoms with Gasteiger partial charge in [0.1, 0.15) is 0 Å². The van der Waals surface area contributed by atoms with E-state index in [1.54, 1.807) is 0 Å². The van der Waals surface area contributed by atoms with Gasteiger partial charge in [-0.15, -0.1) is 0 Å². The van der Waals surface area contributed by atoms with Crippen molar-refractivity contribution < 1.29 is 0 Å². The van der Waals surface area contributed by atoms with Gasteiger partial charge in [0.2, 0.25) is 0 Å². The zero-order chi connectivity index (χ0) is 15.6. The maximum absolute atomic E-state index is 6.10. The van der Waals surface area contributed by atoms with Crippen LogP contribution < -0.4 is 10.6 Å². The molecule has 1 aromatic carbocycles. The highest BCUT2D eigenvalue weighted by Gasteiger charge is 2.09. The first kappa shape index (κ1) is 15.8. The number of thiocarbonyl (C=S) groups is 1. The van der Waals surface area contributed by atoms with Gasteiger partial charge in [-0.3, -0.25) is 4.68 Å². The number of hydrogen-bond acceptors (Lipinski definition) is 2. The van der Waals surface area contributed by atoms with Gasteiger partial charge in [-0.05, 0) is 50.7 Å². The molecule has 0 unspecified atom stereocenters. The molecule has 0 amide bonds. The Morgan fingerprint density at radius 2 is 2.05 bits per heavy atom. The third-order valence-corrected chi connectivity index (χ3v) is 4.17. The second-order valence-corrected chi connectivity index (χ2v) is 5.86. The van der Waals surface area contributed by atoms with Crippen molar-refractivity contribution in [1.29, 1.82) is 0 Å². The molecule has 0 saturated heterocycles. The molecule has 4 nitrogen and oxygen atoms in total. The fourth-order valence-electron chi connectivity index (χ4n) is 2.09. The summed E-state index contributed by atoms with van der Waals surface area (Å²) in [6, 6.07) is 5.78. The minimum absolute atomic E-state index is 0.567. The van der Waals surface area contributed by atoms with Crippen molar-refractivity contribution >= 4 is 34.6 Å². The Labute approximate surface area is 135 Å². The summed E-state index contributed by atoms with van der Waals surface area (Å²) in [7, 11) is 1.94. The van der Waals surface area contributed by atoms with Crippen molar-refractivity contribution in [1.82, 2.24) is 15.1 Å². The molecule has 112 valence electrons. The molecule has 0 saturated carbocycles. The summed E-state index contributed by atoms with van der Waals surface area (Å²) >= 11 is 11.4. The average molecular weight is 323 g/mol. The van der Waals surface area contributed by atoms with Crippen LogP contribution in [0.25, 0.3) is 0 Å². The predicted octanol–water partition coefficient (Wildman–Crippen LogP) is 3.49. The summed E-state index contributed by atoms with van der Waals surface area (Å²) in [5, 5.41) is 12.0. The summed E-state index contributed by atoms with van der Waals surface area (Å²) in [5.74, 6) is 0. The molecule has 0 spiro atoms. The fraction of sp³-hybridized carbons (Fsp3) is 0.333. The lowest BCUT2D eigenvalue weighted by atomic mass is 10.2. The van der Waals surface area contributed by atoms with Crippen LogP contribution in [0.2, 0.25) is 5.02 Å². The molecule has 1 heterocycles. The number of aromatic nitrogens is 2. The third kappa shape index (κ3) is 3.74. The lowest BCUT2D eigenvalue weighted by Crippen LogP contribution is -2.28. The largest absolute Gasteiger partial charge is 0.358 e. The molecule has 2 aromatic rings. The van der Waals surface area contributed by atoms with Gasteiger partial charge in [0.15, 0.2) is 5.11 Å². The van der Waals surface area contributed by atoms with E-state index in [4.69, 9.17) is 23.8 Å². The minimum Gasteiger partial charge on any atom is -0.358 e. The SMILES string of the molecule is Cc1ccc(NC(=S)NCc2c(C)nn(C)c2C)cc1Cl. The van der Waals surface area contributed by atoms with E-state index in [-0.39, 0.29) is 0 Å². The smallest absolute Gasteiger partial charge is 0.171 e. The molecule has 21 heavy (non-hydrogen) atoms. The molecule has 6 heteroatoms. The van der Waals surface area contributed by atoms with Crippen molar-refractivity contribution in [3.63, 3.8) is 0 Å². The van der Waals surface area contributed by atoms with Crippen molar-refractivity contribution in [3.8, 4) is 0 Å². The zero-order valence-corrected chi connectivity index (χ0v) is 14.2. The Morgan fingerprint density at radius 1 is 1.33 bits per heavy atom. The monoisotopic (exact) mass is 322 g/mol.